The molecule has 42 heavy (non-hydrogen) atoms. The van der Waals surface area contributed by atoms with E-state index in [9.17, 15) is 4.57 Å². The molecule has 0 bridgehead atoms. The van der Waals surface area contributed by atoms with Crippen LogP contribution in [-0.2, 0) is 57.1 Å². The van der Waals surface area contributed by atoms with Crippen LogP contribution in [0.25, 0.3) is 0 Å². The van der Waals surface area contributed by atoms with Crippen molar-refractivity contribution in [2.24, 2.45) is 0 Å². The maximum atomic E-state index is 13.3. The first-order valence-electron chi connectivity index (χ1n) is 14.3. The maximum absolute atomic E-state index is 13.3. The summed E-state index contributed by atoms with van der Waals surface area (Å²) in [6.07, 6.45) is -1.71. The molecule has 0 N–H and O–H groups in total. The van der Waals surface area contributed by atoms with Crippen LogP contribution in [0, 0.1) is 0 Å². The fourth-order valence-electron chi connectivity index (χ4n) is 4.71. The van der Waals surface area contributed by atoms with Crippen molar-refractivity contribution in [1.29, 1.82) is 0 Å². The summed E-state index contributed by atoms with van der Waals surface area (Å²) in [5, 5.41) is 0. The lowest BCUT2D eigenvalue weighted by Gasteiger charge is -2.45. The molecule has 1 fully saturated rings. The van der Waals surface area contributed by atoms with Crippen LogP contribution in [0.4, 0.5) is 0 Å². The summed E-state index contributed by atoms with van der Waals surface area (Å²) >= 11 is 0. The summed E-state index contributed by atoms with van der Waals surface area (Å²) in [7, 11) is -1.93. The van der Waals surface area contributed by atoms with Gasteiger partial charge in [0, 0.05) is 12.9 Å². The topological polar surface area (TPSA) is 81.7 Å². The lowest BCUT2D eigenvalue weighted by molar-refractivity contribution is -0.309. The first kappa shape index (κ1) is 32.3. The number of ether oxygens (including phenoxy) is 5. The molecule has 8 nitrogen and oxygen atoms in total. The zero-order chi connectivity index (χ0) is 29.6. The smallest absolute Gasteiger partial charge is 0.353 e. The van der Waals surface area contributed by atoms with Crippen molar-refractivity contribution >= 4 is 7.60 Å². The van der Waals surface area contributed by atoms with Crippen molar-refractivity contribution < 1.29 is 37.3 Å². The minimum Gasteiger partial charge on any atom is -0.368 e. The third-order valence-corrected chi connectivity index (χ3v) is 8.47. The molecule has 0 radical (unpaired) electrons. The van der Waals surface area contributed by atoms with Gasteiger partial charge in [0.2, 0.25) is 0 Å². The molecule has 0 amide bonds. The average Bonchev–Trinajstić information content (AvgIpc) is 3.02. The number of benzene rings is 3. The Morgan fingerprint density at radius 1 is 0.667 bits per heavy atom. The van der Waals surface area contributed by atoms with Crippen LogP contribution in [-0.4, -0.2) is 51.0 Å². The largest absolute Gasteiger partial charge is 0.368 e. The van der Waals surface area contributed by atoms with Gasteiger partial charge in [-0.3, -0.25) is 4.57 Å². The summed E-state index contributed by atoms with van der Waals surface area (Å²) in [6.45, 7) is 4.97. The van der Waals surface area contributed by atoms with Crippen molar-refractivity contribution in [3.63, 3.8) is 0 Å². The Morgan fingerprint density at radius 2 is 1.10 bits per heavy atom. The van der Waals surface area contributed by atoms with Crippen LogP contribution in [0.2, 0.25) is 0 Å². The summed E-state index contributed by atoms with van der Waals surface area (Å²) < 4.78 is 56.0. The zero-order valence-electron chi connectivity index (χ0n) is 24.5. The molecule has 3 aromatic carbocycles. The van der Waals surface area contributed by atoms with Crippen LogP contribution in [0.15, 0.2) is 103 Å². The highest BCUT2D eigenvalue weighted by atomic mass is 31.2. The SMILES string of the molecule is CCOP(=O)(/C=C/[C@H]1O[C@H](OC)[C@@H](OCc2ccccc2)[C@@H](OCc2ccccc2)[C@@H]1OCc1ccccc1)OCC. The van der Waals surface area contributed by atoms with E-state index in [1.807, 2.05) is 91.0 Å². The van der Waals surface area contributed by atoms with Crippen LogP contribution in [0.3, 0.4) is 0 Å². The van der Waals surface area contributed by atoms with Gasteiger partial charge in [0.25, 0.3) is 0 Å². The normalized spacial score (nSPS) is 22.9. The van der Waals surface area contributed by atoms with E-state index in [-0.39, 0.29) is 13.2 Å². The van der Waals surface area contributed by atoms with E-state index >= 15 is 0 Å². The van der Waals surface area contributed by atoms with Crippen molar-refractivity contribution in [2.45, 2.75) is 64.4 Å². The van der Waals surface area contributed by atoms with Crippen molar-refractivity contribution in [1.82, 2.24) is 0 Å². The van der Waals surface area contributed by atoms with E-state index in [2.05, 4.69) is 0 Å². The lowest BCUT2D eigenvalue weighted by Crippen LogP contribution is -2.60. The monoisotopic (exact) mass is 596 g/mol. The molecule has 0 spiro atoms. The summed E-state index contributed by atoms with van der Waals surface area (Å²) in [4.78, 5) is 0. The molecule has 1 saturated heterocycles. The first-order chi connectivity index (χ1) is 20.5. The van der Waals surface area contributed by atoms with E-state index in [0.717, 1.165) is 16.7 Å². The third-order valence-electron chi connectivity index (χ3n) is 6.70. The first-order valence-corrected chi connectivity index (χ1v) is 15.9. The molecule has 5 atom stereocenters. The van der Waals surface area contributed by atoms with Crippen molar-refractivity contribution in [3.8, 4) is 0 Å². The molecule has 0 aliphatic carbocycles. The molecule has 226 valence electrons. The van der Waals surface area contributed by atoms with Gasteiger partial charge < -0.3 is 32.7 Å². The molecule has 1 heterocycles. The predicted octanol–water partition coefficient (Wildman–Crippen LogP) is 6.89. The Labute approximate surface area is 249 Å². The van der Waals surface area contributed by atoms with Gasteiger partial charge in [-0.25, -0.2) is 0 Å². The van der Waals surface area contributed by atoms with E-state index in [0.29, 0.717) is 19.8 Å². The molecular formula is C33H41O8P. The number of hydrogen-bond acceptors (Lipinski definition) is 8. The van der Waals surface area contributed by atoms with Gasteiger partial charge in [0.15, 0.2) is 6.29 Å². The van der Waals surface area contributed by atoms with Gasteiger partial charge >= 0.3 is 7.60 Å². The van der Waals surface area contributed by atoms with Gasteiger partial charge in [0.05, 0.1) is 33.0 Å². The minimum absolute atomic E-state index is 0.236. The second-order valence-corrected chi connectivity index (χ2v) is 11.6. The zero-order valence-corrected chi connectivity index (χ0v) is 25.3. The second kappa shape index (κ2) is 16.8. The second-order valence-electron chi connectivity index (χ2n) is 9.71. The van der Waals surface area contributed by atoms with E-state index < -0.39 is 38.3 Å². The van der Waals surface area contributed by atoms with Gasteiger partial charge in [-0.15, -0.1) is 0 Å². The highest BCUT2D eigenvalue weighted by Gasteiger charge is 2.48. The molecule has 9 heteroatoms. The maximum Gasteiger partial charge on any atom is 0.353 e. The Morgan fingerprint density at radius 3 is 1.52 bits per heavy atom. The van der Waals surface area contributed by atoms with Crippen LogP contribution >= 0.6 is 7.60 Å². The van der Waals surface area contributed by atoms with Gasteiger partial charge in [-0.1, -0.05) is 91.0 Å². The van der Waals surface area contributed by atoms with E-state index in [4.69, 9.17) is 32.7 Å². The Balaban J connectivity index is 1.67. The summed E-state index contributed by atoms with van der Waals surface area (Å²) in [5.74, 6) is 1.44. The van der Waals surface area contributed by atoms with E-state index in [1.54, 1.807) is 27.0 Å². The molecule has 1 aliphatic rings. The van der Waals surface area contributed by atoms with Crippen LogP contribution < -0.4 is 0 Å². The Bertz CT molecular complexity index is 1230. The molecular weight excluding hydrogens is 555 g/mol. The molecule has 1 aliphatic heterocycles. The lowest BCUT2D eigenvalue weighted by atomic mass is 9.97. The number of rotatable bonds is 16. The molecule has 4 rings (SSSR count). The highest BCUT2D eigenvalue weighted by molar-refractivity contribution is 7.57. The fourth-order valence-corrected chi connectivity index (χ4v) is 6.06. The molecule has 0 aromatic heterocycles. The fraction of sp³-hybridized carbons (Fsp3) is 0.394. The third kappa shape index (κ3) is 9.43. The molecule has 0 saturated carbocycles. The van der Waals surface area contributed by atoms with Crippen LogP contribution in [0.5, 0.6) is 0 Å². The minimum atomic E-state index is -3.50. The Hall–Kier alpha value is -2.65. The van der Waals surface area contributed by atoms with Gasteiger partial charge in [-0.2, -0.15) is 0 Å². The van der Waals surface area contributed by atoms with Gasteiger partial charge in [0.1, 0.15) is 24.4 Å². The Kier molecular flexibility index (Phi) is 12.9. The molecule has 3 aromatic rings. The van der Waals surface area contributed by atoms with Crippen molar-refractivity contribution in [3.05, 3.63) is 120 Å². The van der Waals surface area contributed by atoms with Gasteiger partial charge in [-0.05, 0) is 36.6 Å². The standard InChI is InChI=1S/C33H41O8P/c1-4-39-42(34,40-5-2)22-21-29-30(36-23-26-15-9-6-10-16-26)31(37-24-27-17-11-7-12-18-27)32(33(35-3)41-29)38-25-28-19-13-8-14-20-28/h6-22,29-33H,4-5,23-25H2,1-3H3/b22-21+/t29-,30-,31+,32+,33+/m1/s1. The molecule has 0 unspecified atom stereocenters. The quantitative estimate of drug-likeness (QED) is 0.165. The number of methoxy groups -OCH3 is 1. The average molecular weight is 597 g/mol. The van der Waals surface area contributed by atoms with Crippen LogP contribution in [0.1, 0.15) is 30.5 Å². The van der Waals surface area contributed by atoms with E-state index in [1.165, 1.54) is 5.82 Å². The number of hydrogen-bond donors (Lipinski definition) is 0. The predicted molar refractivity (Wildman–Crippen MR) is 161 cm³/mol. The van der Waals surface area contributed by atoms with Crippen molar-refractivity contribution in [2.75, 3.05) is 20.3 Å². The highest BCUT2D eigenvalue weighted by Crippen LogP contribution is 2.50. The summed E-state index contributed by atoms with van der Waals surface area (Å²) in [6, 6.07) is 29.7. The summed E-state index contributed by atoms with van der Waals surface area (Å²) in [5.41, 5.74) is 3.00.